The van der Waals surface area contributed by atoms with Crippen molar-refractivity contribution in [3.63, 3.8) is 0 Å². The predicted octanol–water partition coefficient (Wildman–Crippen LogP) is 0.737. The first-order valence-electron chi connectivity index (χ1n) is 5.39. The van der Waals surface area contributed by atoms with Crippen LogP contribution in [0.4, 0.5) is 0 Å². The number of nitrogens with zero attached hydrogens (tertiary/aromatic N) is 1. The molecule has 1 rings (SSSR count). The molecule has 1 aliphatic heterocycles. The molecule has 2 atom stereocenters. The van der Waals surface area contributed by atoms with Gasteiger partial charge in [0.25, 0.3) is 0 Å². The SMILES string of the molecule is CC1(O)CCCN1C(=S)SC(CC(=O)O)C(=O)O. The Morgan fingerprint density at radius 2 is 2.11 bits per heavy atom. The van der Waals surface area contributed by atoms with Gasteiger partial charge in [-0.1, -0.05) is 24.0 Å². The second-order valence-electron chi connectivity index (χ2n) is 4.28. The maximum atomic E-state index is 10.9. The van der Waals surface area contributed by atoms with Crippen molar-refractivity contribution >= 4 is 40.2 Å². The molecule has 0 radical (unpaired) electrons. The Hall–Kier alpha value is -0.860. The number of carbonyl (C=O) groups is 2. The van der Waals surface area contributed by atoms with E-state index < -0.39 is 29.3 Å². The van der Waals surface area contributed by atoms with Crippen LogP contribution in [0.15, 0.2) is 0 Å². The minimum atomic E-state index is -1.22. The summed E-state index contributed by atoms with van der Waals surface area (Å²) < 4.78 is 0.228. The third kappa shape index (κ3) is 3.82. The van der Waals surface area contributed by atoms with Gasteiger partial charge in [0.1, 0.15) is 15.3 Å². The van der Waals surface area contributed by atoms with E-state index in [2.05, 4.69) is 0 Å². The van der Waals surface area contributed by atoms with Crippen molar-refractivity contribution in [2.24, 2.45) is 0 Å². The number of aliphatic carboxylic acids is 2. The average Bonchev–Trinajstić information content (AvgIpc) is 2.56. The number of rotatable bonds is 4. The van der Waals surface area contributed by atoms with Crippen LogP contribution in [0, 0.1) is 0 Å². The van der Waals surface area contributed by atoms with Crippen molar-refractivity contribution in [1.29, 1.82) is 0 Å². The van der Waals surface area contributed by atoms with Gasteiger partial charge in [0.05, 0.1) is 6.42 Å². The number of likely N-dealkylation sites (tertiary alicyclic amines) is 1. The van der Waals surface area contributed by atoms with Crippen LogP contribution in [0.5, 0.6) is 0 Å². The van der Waals surface area contributed by atoms with E-state index in [4.69, 9.17) is 22.4 Å². The number of carboxylic acids is 2. The summed E-state index contributed by atoms with van der Waals surface area (Å²) in [6.07, 6.45) is 0.824. The summed E-state index contributed by atoms with van der Waals surface area (Å²) in [7, 11) is 0. The fourth-order valence-corrected chi connectivity index (χ4v) is 3.38. The van der Waals surface area contributed by atoms with Crippen LogP contribution in [-0.2, 0) is 9.59 Å². The molecule has 3 N–H and O–H groups in total. The monoisotopic (exact) mass is 293 g/mol. The number of carboxylic acid groups (broad SMARTS) is 2. The topological polar surface area (TPSA) is 98.1 Å². The summed E-state index contributed by atoms with van der Waals surface area (Å²) in [6, 6.07) is 0. The number of hydrogen-bond donors (Lipinski definition) is 3. The van der Waals surface area contributed by atoms with Gasteiger partial charge >= 0.3 is 11.9 Å². The van der Waals surface area contributed by atoms with Gasteiger partial charge in [0, 0.05) is 6.54 Å². The Morgan fingerprint density at radius 3 is 2.50 bits per heavy atom. The first-order chi connectivity index (χ1) is 8.24. The molecule has 0 amide bonds. The van der Waals surface area contributed by atoms with Gasteiger partial charge in [-0.3, -0.25) is 9.59 Å². The van der Waals surface area contributed by atoms with E-state index in [1.807, 2.05) is 0 Å². The summed E-state index contributed by atoms with van der Waals surface area (Å²) in [6.45, 7) is 2.16. The third-order valence-corrected chi connectivity index (χ3v) is 4.30. The highest BCUT2D eigenvalue weighted by Crippen LogP contribution is 2.31. The number of hydrogen-bond acceptors (Lipinski definition) is 5. The van der Waals surface area contributed by atoms with Gasteiger partial charge < -0.3 is 20.2 Å². The van der Waals surface area contributed by atoms with Crippen LogP contribution in [-0.4, -0.2) is 54.0 Å². The van der Waals surface area contributed by atoms with Gasteiger partial charge in [-0.15, -0.1) is 0 Å². The molecule has 1 fully saturated rings. The second-order valence-corrected chi connectivity index (χ2v) is 6.12. The molecule has 102 valence electrons. The number of thiocarbonyl (C=S) groups is 1. The molecular formula is C10H15NO5S2. The van der Waals surface area contributed by atoms with E-state index in [-0.39, 0.29) is 4.32 Å². The highest BCUT2D eigenvalue weighted by atomic mass is 32.2. The zero-order chi connectivity index (χ0) is 13.9. The van der Waals surface area contributed by atoms with Gasteiger partial charge in [-0.25, -0.2) is 0 Å². The van der Waals surface area contributed by atoms with Crippen molar-refractivity contribution in [1.82, 2.24) is 4.90 Å². The Bertz CT molecular complexity index is 371. The van der Waals surface area contributed by atoms with E-state index in [1.54, 1.807) is 11.8 Å². The molecule has 6 nitrogen and oxygen atoms in total. The maximum Gasteiger partial charge on any atom is 0.317 e. The van der Waals surface area contributed by atoms with Crippen molar-refractivity contribution in [2.75, 3.05) is 6.54 Å². The Kier molecular flexibility index (Phi) is 4.94. The zero-order valence-corrected chi connectivity index (χ0v) is 11.5. The largest absolute Gasteiger partial charge is 0.481 e. The first-order valence-corrected chi connectivity index (χ1v) is 6.68. The van der Waals surface area contributed by atoms with Gasteiger partial charge in [0.15, 0.2) is 0 Å². The zero-order valence-electron chi connectivity index (χ0n) is 9.83. The van der Waals surface area contributed by atoms with Crippen LogP contribution in [0.1, 0.15) is 26.2 Å². The smallest absolute Gasteiger partial charge is 0.317 e. The molecule has 0 aromatic rings. The van der Waals surface area contributed by atoms with E-state index in [0.29, 0.717) is 13.0 Å². The first kappa shape index (κ1) is 15.2. The molecule has 0 aromatic carbocycles. The third-order valence-electron chi connectivity index (χ3n) is 2.71. The summed E-state index contributed by atoms with van der Waals surface area (Å²) in [5.74, 6) is -2.41. The van der Waals surface area contributed by atoms with Crippen LogP contribution in [0.3, 0.4) is 0 Å². The average molecular weight is 293 g/mol. The van der Waals surface area contributed by atoms with Crippen molar-refractivity contribution < 1.29 is 24.9 Å². The minimum absolute atomic E-state index is 0.228. The van der Waals surface area contributed by atoms with Crippen molar-refractivity contribution in [3.05, 3.63) is 0 Å². The molecular weight excluding hydrogens is 278 g/mol. The number of aliphatic hydroxyl groups is 1. The maximum absolute atomic E-state index is 10.9. The van der Waals surface area contributed by atoms with Crippen molar-refractivity contribution in [2.45, 2.75) is 37.2 Å². The Balaban J connectivity index is 2.67. The van der Waals surface area contributed by atoms with E-state index in [9.17, 15) is 14.7 Å². The molecule has 2 unspecified atom stereocenters. The van der Waals surface area contributed by atoms with Crippen LogP contribution in [0.2, 0.25) is 0 Å². The Labute approximate surface area is 114 Å². The molecule has 1 saturated heterocycles. The van der Waals surface area contributed by atoms with E-state index in [1.165, 1.54) is 0 Å². The molecule has 0 spiro atoms. The van der Waals surface area contributed by atoms with Gasteiger partial charge in [-0.05, 0) is 19.8 Å². The predicted molar refractivity (Wildman–Crippen MR) is 70.4 cm³/mol. The quantitative estimate of drug-likeness (QED) is 0.653. The molecule has 1 aliphatic rings. The highest BCUT2D eigenvalue weighted by molar-refractivity contribution is 8.23. The molecule has 18 heavy (non-hydrogen) atoms. The fraction of sp³-hybridized carbons (Fsp3) is 0.700. The molecule has 1 heterocycles. The molecule has 0 aromatic heterocycles. The summed E-state index contributed by atoms with van der Waals surface area (Å²) in [5.41, 5.74) is -1.07. The standard InChI is InChI=1S/C10H15NO5S2/c1-10(16)3-2-4-11(10)9(17)18-6(8(14)15)5-7(12)13/h6,16H,2-5H2,1H3,(H,12,13)(H,14,15). The van der Waals surface area contributed by atoms with Crippen LogP contribution < -0.4 is 0 Å². The van der Waals surface area contributed by atoms with Gasteiger partial charge in [0.2, 0.25) is 0 Å². The molecule has 0 saturated carbocycles. The molecule has 0 aliphatic carbocycles. The molecule has 8 heteroatoms. The highest BCUT2D eigenvalue weighted by Gasteiger charge is 2.37. The lowest BCUT2D eigenvalue weighted by Crippen LogP contribution is -2.43. The normalized spacial score (nSPS) is 24.9. The Morgan fingerprint density at radius 1 is 1.50 bits per heavy atom. The van der Waals surface area contributed by atoms with Crippen LogP contribution >= 0.6 is 24.0 Å². The number of thioether (sulfide) groups is 1. The second kappa shape index (κ2) is 5.85. The fourth-order valence-electron chi connectivity index (χ4n) is 1.76. The summed E-state index contributed by atoms with van der Waals surface area (Å²) in [5, 5.41) is 26.4. The summed E-state index contributed by atoms with van der Waals surface area (Å²) in [4.78, 5) is 23.0. The lowest BCUT2D eigenvalue weighted by atomic mass is 10.2. The minimum Gasteiger partial charge on any atom is -0.481 e. The van der Waals surface area contributed by atoms with E-state index in [0.717, 1.165) is 18.2 Å². The van der Waals surface area contributed by atoms with Gasteiger partial charge in [-0.2, -0.15) is 0 Å². The van der Waals surface area contributed by atoms with E-state index >= 15 is 0 Å². The lowest BCUT2D eigenvalue weighted by molar-refractivity contribution is -0.142. The molecule has 0 bridgehead atoms. The summed E-state index contributed by atoms with van der Waals surface area (Å²) >= 11 is 5.88. The van der Waals surface area contributed by atoms with Crippen LogP contribution in [0.25, 0.3) is 0 Å². The van der Waals surface area contributed by atoms with Crippen molar-refractivity contribution in [3.8, 4) is 0 Å². The lowest BCUT2D eigenvalue weighted by Gasteiger charge is -2.32.